The summed E-state index contributed by atoms with van der Waals surface area (Å²) in [5.41, 5.74) is 1.20. The molecule has 2 fully saturated rings. The van der Waals surface area contributed by atoms with Crippen molar-refractivity contribution in [3.8, 4) is 0 Å². The fourth-order valence-corrected chi connectivity index (χ4v) is 3.67. The van der Waals surface area contributed by atoms with Crippen LogP contribution in [0, 0.1) is 5.92 Å². The zero-order chi connectivity index (χ0) is 12.4. The van der Waals surface area contributed by atoms with Gasteiger partial charge in [0.05, 0.1) is 17.7 Å². The third-order valence-electron chi connectivity index (χ3n) is 4.76. The lowest BCUT2D eigenvalue weighted by Crippen LogP contribution is -2.35. The van der Waals surface area contributed by atoms with Crippen molar-refractivity contribution in [3.05, 3.63) is 0 Å². The van der Waals surface area contributed by atoms with Gasteiger partial charge in [0.15, 0.2) is 0 Å². The van der Waals surface area contributed by atoms with Crippen LogP contribution >= 0.6 is 0 Å². The Labute approximate surface area is 110 Å². The maximum atomic E-state index is 12.5. The van der Waals surface area contributed by atoms with E-state index >= 15 is 0 Å². The van der Waals surface area contributed by atoms with Gasteiger partial charge >= 0.3 is 0 Å². The van der Waals surface area contributed by atoms with Gasteiger partial charge in [0.1, 0.15) is 0 Å². The van der Waals surface area contributed by atoms with E-state index in [1.54, 1.807) is 0 Å². The molecule has 3 heteroatoms. The molecule has 3 rings (SSSR count). The quantitative estimate of drug-likeness (QED) is 0.654. The fourth-order valence-electron chi connectivity index (χ4n) is 3.67. The van der Waals surface area contributed by atoms with Gasteiger partial charge in [-0.25, -0.2) is 5.01 Å². The van der Waals surface area contributed by atoms with E-state index in [1.807, 2.05) is 5.01 Å². The summed E-state index contributed by atoms with van der Waals surface area (Å²) < 4.78 is 0. The summed E-state index contributed by atoms with van der Waals surface area (Å²) in [5, 5.41) is 6.60. The molecule has 0 N–H and O–H groups in total. The van der Waals surface area contributed by atoms with Crippen LogP contribution < -0.4 is 0 Å². The van der Waals surface area contributed by atoms with E-state index in [0.717, 1.165) is 25.7 Å². The van der Waals surface area contributed by atoms with Crippen LogP contribution in [-0.4, -0.2) is 22.7 Å². The molecule has 1 aliphatic heterocycles. The van der Waals surface area contributed by atoms with Crippen LogP contribution in [0.15, 0.2) is 5.10 Å². The fraction of sp³-hybridized carbons (Fsp3) is 0.867. The molecule has 0 aromatic carbocycles. The van der Waals surface area contributed by atoms with Crippen molar-refractivity contribution in [3.63, 3.8) is 0 Å². The van der Waals surface area contributed by atoms with Gasteiger partial charge in [-0.2, -0.15) is 5.10 Å². The van der Waals surface area contributed by atoms with Crippen LogP contribution in [-0.2, 0) is 4.79 Å². The van der Waals surface area contributed by atoms with Crippen molar-refractivity contribution in [2.45, 2.75) is 76.7 Å². The van der Waals surface area contributed by atoms with Gasteiger partial charge in [-0.15, -0.1) is 0 Å². The van der Waals surface area contributed by atoms with E-state index in [0.29, 0.717) is 11.9 Å². The summed E-state index contributed by atoms with van der Waals surface area (Å²) in [6.45, 7) is 0. The molecular weight excluding hydrogens is 224 g/mol. The number of fused-ring (bicyclic) bond motifs is 1. The molecule has 2 saturated carbocycles. The molecule has 18 heavy (non-hydrogen) atoms. The molecule has 100 valence electrons. The SMILES string of the molecule is O=C1C2CCCCCC2=NN1C1CCCCCC1. The zero-order valence-electron chi connectivity index (χ0n) is 11.2. The van der Waals surface area contributed by atoms with Crippen molar-refractivity contribution in [2.24, 2.45) is 11.0 Å². The first-order chi connectivity index (χ1) is 8.86. The monoisotopic (exact) mass is 248 g/mol. The van der Waals surface area contributed by atoms with Gasteiger partial charge in [-0.1, -0.05) is 38.5 Å². The second-order valence-corrected chi connectivity index (χ2v) is 6.07. The Morgan fingerprint density at radius 3 is 2.33 bits per heavy atom. The summed E-state index contributed by atoms with van der Waals surface area (Å²) in [7, 11) is 0. The van der Waals surface area contributed by atoms with E-state index in [2.05, 4.69) is 0 Å². The van der Waals surface area contributed by atoms with Gasteiger partial charge in [0.2, 0.25) is 0 Å². The summed E-state index contributed by atoms with van der Waals surface area (Å²) >= 11 is 0. The molecule has 1 heterocycles. The minimum Gasteiger partial charge on any atom is -0.272 e. The van der Waals surface area contributed by atoms with E-state index in [-0.39, 0.29) is 5.92 Å². The zero-order valence-corrected chi connectivity index (χ0v) is 11.2. The van der Waals surface area contributed by atoms with Crippen LogP contribution in [0.4, 0.5) is 0 Å². The van der Waals surface area contributed by atoms with Gasteiger partial charge < -0.3 is 0 Å². The van der Waals surface area contributed by atoms with E-state index in [9.17, 15) is 4.79 Å². The molecule has 3 nitrogen and oxygen atoms in total. The number of carbonyl (C=O) groups excluding carboxylic acids is 1. The molecule has 0 bridgehead atoms. The summed E-state index contributed by atoms with van der Waals surface area (Å²) in [5.74, 6) is 0.467. The molecule has 1 amide bonds. The van der Waals surface area contributed by atoms with Gasteiger partial charge in [-0.3, -0.25) is 4.79 Å². The smallest absolute Gasteiger partial charge is 0.251 e. The predicted molar refractivity (Wildman–Crippen MR) is 72.3 cm³/mol. The van der Waals surface area contributed by atoms with Crippen LogP contribution in [0.2, 0.25) is 0 Å². The average Bonchev–Trinajstić information content (AvgIpc) is 2.66. The van der Waals surface area contributed by atoms with Gasteiger partial charge in [0.25, 0.3) is 5.91 Å². The van der Waals surface area contributed by atoms with E-state index < -0.39 is 0 Å². The van der Waals surface area contributed by atoms with Crippen molar-refractivity contribution in [2.75, 3.05) is 0 Å². The Hall–Kier alpha value is -0.860. The first-order valence-electron chi connectivity index (χ1n) is 7.77. The standard InChI is InChI=1S/C15H24N2O/c18-15-13-10-6-3-7-11-14(13)16-17(15)12-8-4-1-2-5-9-12/h12-13H,1-11H2. The molecule has 2 aliphatic carbocycles. The Kier molecular flexibility index (Phi) is 3.67. The highest BCUT2D eigenvalue weighted by Gasteiger charge is 2.39. The topological polar surface area (TPSA) is 32.7 Å². The minimum atomic E-state index is 0.149. The van der Waals surface area contributed by atoms with Crippen molar-refractivity contribution in [1.82, 2.24) is 5.01 Å². The molecule has 0 aromatic rings. The predicted octanol–water partition coefficient (Wildman–Crippen LogP) is 3.49. The summed E-state index contributed by atoms with van der Waals surface area (Å²) in [4.78, 5) is 12.5. The Balaban J connectivity index is 1.74. The lowest BCUT2D eigenvalue weighted by molar-refractivity contribution is -0.134. The highest BCUT2D eigenvalue weighted by atomic mass is 16.2. The van der Waals surface area contributed by atoms with Gasteiger partial charge in [0, 0.05) is 0 Å². The second kappa shape index (κ2) is 5.41. The number of hydrogen-bond donors (Lipinski definition) is 0. The number of rotatable bonds is 1. The Bertz CT molecular complexity index is 342. The number of carbonyl (C=O) groups is 1. The number of hydrogen-bond acceptors (Lipinski definition) is 2. The maximum Gasteiger partial charge on any atom is 0.251 e. The van der Waals surface area contributed by atoms with Crippen molar-refractivity contribution >= 4 is 11.6 Å². The summed E-state index contributed by atoms with van der Waals surface area (Å²) in [6, 6.07) is 0.402. The lowest BCUT2D eigenvalue weighted by Gasteiger charge is -2.24. The van der Waals surface area contributed by atoms with Crippen LogP contribution in [0.1, 0.15) is 70.6 Å². The van der Waals surface area contributed by atoms with Crippen molar-refractivity contribution < 1.29 is 4.79 Å². The van der Waals surface area contributed by atoms with Crippen LogP contribution in [0.25, 0.3) is 0 Å². The third-order valence-corrected chi connectivity index (χ3v) is 4.76. The van der Waals surface area contributed by atoms with Crippen molar-refractivity contribution in [1.29, 1.82) is 0 Å². The first kappa shape index (κ1) is 12.2. The molecule has 0 radical (unpaired) electrons. The molecule has 0 aromatic heterocycles. The van der Waals surface area contributed by atoms with Crippen LogP contribution in [0.5, 0.6) is 0 Å². The van der Waals surface area contributed by atoms with Gasteiger partial charge in [-0.05, 0) is 32.1 Å². The highest BCUT2D eigenvalue weighted by molar-refractivity contribution is 6.08. The maximum absolute atomic E-state index is 12.5. The molecule has 1 unspecified atom stereocenters. The van der Waals surface area contributed by atoms with Crippen LogP contribution in [0.3, 0.4) is 0 Å². The number of hydrazone groups is 1. The number of amides is 1. The Morgan fingerprint density at radius 1 is 0.889 bits per heavy atom. The minimum absolute atomic E-state index is 0.149. The average molecular weight is 248 g/mol. The number of nitrogens with zero attached hydrogens (tertiary/aromatic N) is 2. The third kappa shape index (κ3) is 2.32. The lowest BCUT2D eigenvalue weighted by atomic mass is 9.97. The normalized spacial score (nSPS) is 30.7. The largest absolute Gasteiger partial charge is 0.272 e. The molecular formula is C15H24N2O. The molecule has 0 saturated heterocycles. The second-order valence-electron chi connectivity index (χ2n) is 6.07. The van der Waals surface area contributed by atoms with E-state index in [4.69, 9.17) is 5.10 Å². The summed E-state index contributed by atoms with van der Waals surface area (Å²) in [6.07, 6.45) is 13.3. The first-order valence-corrected chi connectivity index (χ1v) is 7.77. The van der Waals surface area contributed by atoms with E-state index in [1.165, 1.54) is 50.7 Å². The highest BCUT2D eigenvalue weighted by Crippen LogP contribution is 2.32. The molecule has 0 spiro atoms. The molecule has 1 atom stereocenters. The Morgan fingerprint density at radius 2 is 1.56 bits per heavy atom. The molecule has 3 aliphatic rings.